The molecule has 0 saturated heterocycles. The molecular weight excluding hydrogens is 488 g/mol. The Morgan fingerprint density at radius 3 is 2.28 bits per heavy atom. The summed E-state index contributed by atoms with van der Waals surface area (Å²) in [6.07, 6.45) is -2.82. The van der Waals surface area contributed by atoms with Gasteiger partial charge in [-0.15, -0.1) is 0 Å². The molecule has 0 aliphatic heterocycles. The fraction of sp³-hybridized carbons (Fsp3) is 0.400. The van der Waals surface area contributed by atoms with Crippen LogP contribution in [0.4, 0.5) is 26.3 Å². The van der Waals surface area contributed by atoms with E-state index in [-0.39, 0.29) is 35.8 Å². The lowest BCUT2D eigenvalue weighted by atomic mass is 10.0. The molecule has 0 atom stereocenters. The molecule has 11 heteroatoms. The maximum Gasteiger partial charge on any atom is 0.417 e. The Morgan fingerprint density at radius 2 is 1.83 bits per heavy atom. The topological polar surface area (TPSA) is 63.6 Å². The molecule has 1 aromatic rings. The highest BCUT2D eigenvalue weighted by molar-refractivity contribution is 5.95. The van der Waals surface area contributed by atoms with E-state index in [1.165, 1.54) is 13.2 Å². The van der Waals surface area contributed by atoms with Gasteiger partial charge in [0.15, 0.2) is 0 Å². The minimum absolute atomic E-state index is 0.0264. The summed E-state index contributed by atoms with van der Waals surface area (Å²) < 4.78 is 83.8. The van der Waals surface area contributed by atoms with Crippen molar-refractivity contribution in [3.05, 3.63) is 76.3 Å². The van der Waals surface area contributed by atoms with Gasteiger partial charge in [-0.2, -0.15) is 26.3 Å². The number of halogens is 6. The highest BCUT2D eigenvalue weighted by Gasteiger charge is 2.32. The number of carbonyl (C=O) groups excluding carboxylic acids is 1. The van der Waals surface area contributed by atoms with Gasteiger partial charge in [0.25, 0.3) is 5.91 Å². The minimum Gasteiger partial charge on any atom is -0.483 e. The molecule has 36 heavy (non-hydrogen) atoms. The molecule has 0 aliphatic carbocycles. The Hall–Kier alpha value is -3.37. The lowest BCUT2D eigenvalue weighted by Crippen LogP contribution is -2.31. The third-order valence-electron chi connectivity index (χ3n) is 4.81. The first-order chi connectivity index (χ1) is 16.8. The van der Waals surface area contributed by atoms with Crippen LogP contribution in [0, 0.1) is 0 Å². The number of hydrogen-bond acceptors (Lipinski definition) is 4. The number of nitrogens with one attached hydrogen (secondary N) is 1. The van der Waals surface area contributed by atoms with Gasteiger partial charge in [0.05, 0.1) is 30.5 Å². The summed E-state index contributed by atoms with van der Waals surface area (Å²) in [4.78, 5) is 20.2. The molecule has 1 amide bonds. The molecule has 0 aromatic carbocycles. The summed E-state index contributed by atoms with van der Waals surface area (Å²) in [6, 6.07) is 1.66. The van der Waals surface area contributed by atoms with Gasteiger partial charge in [0, 0.05) is 11.8 Å². The molecule has 0 unspecified atom stereocenters. The number of ether oxygens (including phenoxy) is 1. The minimum atomic E-state index is -4.59. The van der Waals surface area contributed by atoms with Crippen LogP contribution < -0.4 is 5.32 Å². The van der Waals surface area contributed by atoms with E-state index < -0.39 is 29.4 Å². The number of allylic oxidation sites excluding steroid dienone is 6. The number of hydrogen-bond donors (Lipinski definition) is 1. The highest BCUT2D eigenvalue weighted by atomic mass is 19.4. The lowest BCUT2D eigenvalue weighted by molar-refractivity contribution is -0.137. The van der Waals surface area contributed by atoms with Crippen molar-refractivity contribution < 1.29 is 35.9 Å². The molecule has 0 saturated carbocycles. The van der Waals surface area contributed by atoms with Gasteiger partial charge in [-0.25, -0.2) is 4.99 Å². The maximum absolute atomic E-state index is 13.5. The summed E-state index contributed by atoms with van der Waals surface area (Å²) in [5.74, 6) is -0.804. The molecule has 0 spiro atoms. The van der Waals surface area contributed by atoms with Gasteiger partial charge in [0.2, 0.25) is 5.90 Å². The van der Waals surface area contributed by atoms with E-state index >= 15 is 0 Å². The van der Waals surface area contributed by atoms with Crippen LogP contribution in [0.2, 0.25) is 0 Å². The van der Waals surface area contributed by atoms with Gasteiger partial charge >= 0.3 is 12.4 Å². The Labute approximate surface area is 206 Å². The molecule has 1 rings (SSSR count). The van der Waals surface area contributed by atoms with Crippen LogP contribution in [0.5, 0.6) is 0 Å². The second kappa shape index (κ2) is 13.6. The fourth-order valence-electron chi connectivity index (χ4n) is 2.82. The van der Waals surface area contributed by atoms with Crippen molar-refractivity contribution in [2.24, 2.45) is 4.99 Å². The normalized spacial score (nSPS) is 14.7. The van der Waals surface area contributed by atoms with E-state index in [0.29, 0.717) is 18.2 Å². The number of aromatic nitrogens is 1. The monoisotopic (exact) mass is 517 g/mol. The first kappa shape index (κ1) is 30.7. The number of alkyl halides is 6. The Morgan fingerprint density at radius 1 is 1.17 bits per heavy atom. The van der Waals surface area contributed by atoms with Crippen molar-refractivity contribution in [2.45, 2.75) is 52.9 Å². The van der Waals surface area contributed by atoms with Crippen LogP contribution in [0.1, 0.15) is 56.6 Å². The van der Waals surface area contributed by atoms with E-state index in [0.717, 1.165) is 24.3 Å². The summed E-state index contributed by atoms with van der Waals surface area (Å²) in [5.41, 5.74) is -0.979. The standard InChI is InChI=1S/C25H29F6N3O2/c1-6-9-17(13-18(10-7-2)24(26,27)28)22(16(4)8-3)34-21(36-5)15-33-23(35)20-12-11-19(14-32-20)25(29,30)31/h6,9-14H,7-8,15H2,1-5H3,(H,33,35)/b9-6-,17-13+,18-10-,22-16?,34-21?. The second-order valence-corrected chi connectivity index (χ2v) is 7.47. The van der Waals surface area contributed by atoms with Gasteiger partial charge < -0.3 is 10.1 Å². The lowest BCUT2D eigenvalue weighted by Gasteiger charge is -2.14. The van der Waals surface area contributed by atoms with Crippen molar-refractivity contribution in [2.75, 3.05) is 13.7 Å². The molecule has 0 radical (unpaired) electrons. The predicted molar refractivity (Wildman–Crippen MR) is 126 cm³/mol. The molecule has 0 aliphatic rings. The summed E-state index contributed by atoms with van der Waals surface area (Å²) in [7, 11) is 1.28. The van der Waals surface area contributed by atoms with Crippen LogP contribution in [-0.4, -0.2) is 36.6 Å². The Bertz CT molecular complexity index is 1050. The van der Waals surface area contributed by atoms with Crippen molar-refractivity contribution in [3.63, 3.8) is 0 Å². The number of nitrogens with zero attached hydrogens (tertiary/aromatic N) is 2. The number of pyridine rings is 1. The van der Waals surface area contributed by atoms with Gasteiger partial charge in [-0.05, 0) is 50.5 Å². The number of methoxy groups -OCH3 is 1. The number of aliphatic imine (C=N–C) groups is 1. The van der Waals surface area contributed by atoms with Gasteiger partial charge in [0.1, 0.15) is 5.69 Å². The van der Waals surface area contributed by atoms with Crippen LogP contribution in [-0.2, 0) is 10.9 Å². The quantitative estimate of drug-likeness (QED) is 0.167. The van der Waals surface area contributed by atoms with Crippen molar-refractivity contribution in [1.29, 1.82) is 0 Å². The van der Waals surface area contributed by atoms with Gasteiger partial charge in [-0.3, -0.25) is 9.78 Å². The summed E-state index contributed by atoms with van der Waals surface area (Å²) in [5, 5.41) is 2.44. The average molecular weight is 518 g/mol. The first-order valence-corrected chi connectivity index (χ1v) is 11.0. The van der Waals surface area contributed by atoms with E-state index in [1.807, 2.05) is 6.92 Å². The zero-order valence-corrected chi connectivity index (χ0v) is 20.6. The zero-order chi connectivity index (χ0) is 27.5. The van der Waals surface area contributed by atoms with E-state index in [1.54, 1.807) is 26.8 Å². The zero-order valence-electron chi connectivity index (χ0n) is 20.6. The van der Waals surface area contributed by atoms with E-state index in [2.05, 4.69) is 15.3 Å². The molecule has 198 valence electrons. The summed E-state index contributed by atoms with van der Waals surface area (Å²) >= 11 is 0. The fourth-order valence-corrected chi connectivity index (χ4v) is 2.82. The second-order valence-electron chi connectivity index (χ2n) is 7.47. The molecule has 1 heterocycles. The van der Waals surface area contributed by atoms with Crippen LogP contribution in [0.25, 0.3) is 0 Å². The summed E-state index contributed by atoms with van der Waals surface area (Å²) in [6.45, 7) is 6.50. The predicted octanol–water partition coefficient (Wildman–Crippen LogP) is 6.96. The first-order valence-electron chi connectivity index (χ1n) is 11.0. The van der Waals surface area contributed by atoms with Crippen molar-refractivity contribution in [1.82, 2.24) is 10.3 Å². The van der Waals surface area contributed by atoms with Crippen molar-refractivity contribution >= 4 is 11.8 Å². The number of rotatable bonds is 9. The van der Waals surface area contributed by atoms with E-state index in [4.69, 9.17) is 4.74 Å². The molecule has 5 nitrogen and oxygen atoms in total. The molecular formula is C25H29F6N3O2. The van der Waals surface area contributed by atoms with Crippen LogP contribution in [0.3, 0.4) is 0 Å². The van der Waals surface area contributed by atoms with E-state index in [9.17, 15) is 31.1 Å². The van der Waals surface area contributed by atoms with Crippen molar-refractivity contribution in [3.8, 4) is 0 Å². The Kier molecular flexibility index (Phi) is 11.6. The number of amides is 1. The molecule has 0 fully saturated rings. The van der Waals surface area contributed by atoms with Crippen LogP contribution >= 0.6 is 0 Å². The smallest absolute Gasteiger partial charge is 0.417 e. The largest absolute Gasteiger partial charge is 0.483 e. The van der Waals surface area contributed by atoms with Gasteiger partial charge in [-0.1, -0.05) is 32.1 Å². The number of carbonyl (C=O) groups is 1. The molecule has 0 bridgehead atoms. The average Bonchev–Trinajstić information content (AvgIpc) is 2.82. The third kappa shape index (κ3) is 9.35. The SMILES string of the molecule is C\C=C/C(=C\C(=C\CC)C(F)(F)F)C(N=C(CNC(=O)c1ccc(C(F)(F)F)cn1)OC)=C(C)CC. The van der Waals surface area contributed by atoms with Crippen LogP contribution in [0.15, 0.2) is 70.0 Å². The highest BCUT2D eigenvalue weighted by Crippen LogP contribution is 2.31. The Balaban J connectivity index is 3.31. The molecule has 1 aromatic heterocycles. The molecule has 1 N–H and O–H groups in total. The third-order valence-corrected chi connectivity index (χ3v) is 4.81. The maximum atomic E-state index is 13.5.